The number of aliphatic hydroxyl groups is 1. The summed E-state index contributed by atoms with van der Waals surface area (Å²) in [6, 6.07) is 0.302. The molecular weight excluding hydrogens is 162 g/mol. The largest absolute Gasteiger partial charge is 0.391 e. The number of hydrogen-bond acceptors (Lipinski definition) is 2. The molecule has 1 aliphatic rings. The third-order valence-corrected chi connectivity index (χ3v) is 3.06. The van der Waals surface area contributed by atoms with Gasteiger partial charge in [0.25, 0.3) is 0 Å². The average molecular weight is 185 g/mol. The Morgan fingerprint density at radius 3 is 2.23 bits per heavy atom. The van der Waals surface area contributed by atoms with Gasteiger partial charge in [0.15, 0.2) is 0 Å². The zero-order valence-corrected chi connectivity index (χ0v) is 9.54. The van der Waals surface area contributed by atoms with Crippen LogP contribution < -0.4 is 0 Å². The Labute approximate surface area is 81.9 Å². The van der Waals surface area contributed by atoms with Gasteiger partial charge in [0.2, 0.25) is 0 Å². The summed E-state index contributed by atoms with van der Waals surface area (Å²) in [6.45, 7) is 12.1. The van der Waals surface area contributed by atoms with Gasteiger partial charge in [0.1, 0.15) is 0 Å². The third-order valence-electron chi connectivity index (χ3n) is 3.06. The first kappa shape index (κ1) is 11.0. The predicted octanol–water partition coefficient (Wildman–Crippen LogP) is 1.88. The van der Waals surface area contributed by atoms with Gasteiger partial charge in [0, 0.05) is 18.1 Å². The van der Waals surface area contributed by atoms with E-state index in [2.05, 4.69) is 39.5 Å². The van der Waals surface area contributed by atoms with Gasteiger partial charge in [-0.3, -0.25) is 4.90 Å². The molecule has 0 saturated carbocycles. The van der Waals surface area contributed by atoms with Crippen LogP contribution >= 0.6 is 0 Å². The maximum Gasteiger partial charge on any atom is 0.0695 e. The molecule has 0 spiro atoms. The molecule has 1 fully saturated rings. The van der Waals surface area contributed by atoms with Gasteiger partial charge in [-0.15, -0.1) is 0 Å². The van der Waals surface area contributed by atoms with Gasteiger partial charge in [0.05, 0.1) is 6.10 Å². The van der Waals surface area contributed by atoms with Crippen molar-refractivity contribution in [1.29, 1.82) is 0 Å². The van der Waals surface area contributed by atoms with E-state index in [4.69, 9.17) is 0 Å². The van der Waals surface area contributed by atoms with Crippen molar-refractivity contribution in [3.63, 3.8) is 0 Å². The number of likely N-dealkylation sites (tertiary alicyclic amines) is 1. The van der Waals surface area contributed by atoms with Crippen LogP contribution in [0.5, 0.6) is 0 Å². The fraction of sp³-hybridized carbons (Fsp3) is 1.00. The summed E-state index contributed by atoms with van der Waals surface area (Å²) in [5, 5.41) is 9.84. The lowest BCUT2D eigenvalue weighted by molar-refractivity contribution is -0.0458. The van der Waals surface area contributed by atoms with Crippen molar-refractivity contribution < 1.29 is 5.11 Å². The Morgan fingerprint density at radius 1 is 1.23 bits per heavy atom. The molecule has 1 heterocycles. The fourth-order valence-electron chi connectivity index (χ4n) is 2.28. The quantitative estimate of drug-likeness (QED) is 0.623. The zero-order valence-electron chi connectivity index (χ0n) is 9.54. The van der Waals surface area contributed by atoms with Gasteiger partial charge >= 0.3 is 0 Å². The summed E-state index contributed by atoms with van der Waals surface area (Å²) in [6.07, 6.45) is 0.802. The molecule has 0 radical (unpaired) electrons. The van der Waals surface area contributed by atoms with E-state index in [0.717, 1.165) is 13.0 Å². The van der Waals surface area contributed by atoms with Crippen LogP contribution in [-0.2, 0) is 0 Å². The molecule has 0 aromatic heterocycles. The molecule has 0 amide bonds. The van der Waals surface area contributed by atoms with Crippen molar-refractivity contribution in [1.82, 2.24) is 4.90 Å². The Bertz CT molecular complexity index is 173. The maximum absolute atomic E-state index is 9.84. The second-order valence-electron chi connectivity index (χ2n) is 5.47. The number of aliphatic hydroxyl groups excluding tert-OH is 1. The van der Waals surface area contributed by atoms with Crippen molar-refractivity contribution in [2.45, 2.75) is 58.7 Å². The van der Waals surface area contributed by atoms with E-state index in [1.807, 2.05) is 0 Å². The smallest absolute Gasteiger partial charge is 0.0695 e. The van der Waals surface area contributed by atoms with E-state index in [1.54, 1.807) is 0 Å². The van der Waals surface area contributed by atoms with E-state index >= 15 is 0 Å². The first-order valence-electron chi connectivity index (χ1n) is 5.27. The minimum absolute atomic E-state index is 0.150. The first-order valence-corrected chi connectivity index (χ1v) is 5.27. The Balaban J connectivity index is 2.72. The van der Waals surface area contributed by atoms with E-state index in [1.165, 1.54) is 0 Å². The SMILES string of the molecule is CC1CC(O)C(C)N(C(C)(C)C)C1. The van der Waals surface area contributed by atoms with Crippen LogP contribution in [-0.4, -0.2) is 34.2 Å². The highest BCUT2D eigenvalue weighted by Gasteiger charge is 2.35. The molecule has 0 bridgehead atoms. The van der Waals surface area contributed by atoms with Crippen molar-refractivity contribution >= 4 is 0 Å². The van der Waals surface area contributed by atoms with E-state index in [-0.39, 0.29) is 11.6 Å². The molecular formula is C11H23NO. The highest BCUT2D eigenvalue weighted by Crippen LogP contribution is 2.28. The average Bonchev–Trinajstić information content (AvgIpc) is 1.94. The number of nitrogens with zero attached hydrogens (tertiary/aromatic N) is 1. The highest BCUT2D eigenvalue weighted by molar-refractivity contribution is 4.90. The van der Waals surface area contributed by atoms with E-state index in [0.29, 0.717) is 12.0 Å². The van der Waals surface area contributed by atoms with Gasteiger partial charge < -0.3 is 5.11 Å². The third kappa shape index (κ3) is 2.44. The van der Waals surface area contributed by atoms with Crippen molar-refractivity contribution in [3.05, 3.63) is 0 Å². The summed E-state index contributed by atoms with van der Waals surface area (Å²) in [5.74, 6) is 0.616. The second-order valence-corrected chi connectivity index (χ2v) is 5.47. The summed E-state index contributed by atoms with van der Waals surface area (Å²) < 4.78 is 0. The predicted molar refractivity (Wildman–Crippen MR) is 55.7 cm³/mol. The van der Waals surface area contributed by atoms with Crippen LogP contribution in [0.1, 0.15) is 41.0 Å². The van der Waals surface area contributed by atoms with E-state index < -0.39 is 0 Å². The Morgan fingerprint density at radius 2 is 1.77 bits per heavy atom. The maximum atomic E-state index is 9.84. The lowest BCUT2D eigenvalue weighted by Gasteiger charge is -2.47. The highest BCUT2D eigenvalue weighted by atomic mass is 16.3. The van der Waals surface area contributed by atoms with Gasteiger partial charge in [-0.25, -0.2) is 0 Å². The minimum Gasteiger partial charge on any atom is -0.391 e. The number of piperidine rings is 1. The Kier molecular flexibility index (Phi) is 3.03. The molecule has 2 heteroatoms. The van der Waals surface area contributed by atoms with Crippen molar-refractivity contribution in [2.24, 2.45) is 5.92 Å². The monoisotopic (exact) mass is 185 g/mol. The molecule has 3 unspecified atom stereocenters. The van der Waals surface area contributed by atoms with Crippen LogP contribution in [0.2, 0.25) is 0 Å². The summed E-state index contributed by atoms with van der Waals surface area (Å²) in [4.78, 5) is 2.41. The number of hydrogen-bond donors (Lipinski definition) is 1. The van der Waals surface area contributed by atoms with Crippen molar-refractivity contribution in [3.8, 4) is 0 Å². The molecule has 0 aromatic carbocycles. The Hall–Kier alpha value is -0.0800. The zero-order chi connectivity index (χ0) is 10.2. The minimum atomic E-state index is -0.150. The van der Waals surface area contributed by atoms with Gasteiger partial charge in [-0.2, -0.15) is 0 Å². The first-order chi connectivity index (χ1) is 5.82. The summed E-state index contributed by atoms with van der Waals surface area (Å²) in [7, 11) is 0. The van der Waals surface area contributed by atoms with Crippen LogP contribution in [0.3, 0.4) is 0 Å². The molecule has 0 aliphatic carbocycles. The molecule has 3 atom stereocenters. The van der Waals surface area contributed by atoms with Crippen molar-refractivity contribution in [2.75, 3.05) is 6.54 Å². The summed E-state index contributed by atoms with van der Waals surface area (Å²) >= 11 is 0. The summed E-state index contributed by atoms with van der Waals surface area (Å²) in [5.41, 5.74) is 0.176. The van der Waals surface area contributed by atoms with Crippen LogP contribution in [0.4, 0.5) is 0 Å². The van der Waals surface area contributed by atoms with Crippen LogP contribution in [0.15, 0.2) is 0 Å². The molecule has 1 saturated heterocycles. The second kappa shape index (κ2) is 3.58. The normalized spacial score (nSPS) is 37.8. The van der Waals surface area contributed by atoms with Gasteiger partial charge in [-0.05, 0) is 40.0 Å². The molecule has 78 valence electrons. The lowest BCUT2D eigenvalue weighted by Crippen LogP contribution is -2.56. The molecule has 1 aliphatic heterocycles. The molecule has 13 heavy (non-hydrogen) atoms. The fourth-order valence-corrected chi connectivity index (χ4v) is 2.28. The molecule has 2 nitrogen and oxygen atoms in total. The number of rotatable bonds is 0. The molecule has 1 rings (SSSR count). The standard InChI is InChI=1S/C11H23NO/c1-8-6-10(13)9(2)12(7-8)11(3,4)5/h8-10,13H,6-7H2,1-5H3. The lowest BCUT2D eigenvalue weighted by atomic mass is 9.88. The topological polar surface area (TPSA) is 23.5 Å². The van der Waals surface area contributed by atoms with Gasteiger partial charge in [-0.1, -0.05) is 6.92 Å². The van der Waals surface area contributed by atoms with Crippen LogP contribution in [0, 0.1) is 5.92 Å². The van der Waals surface area contributed by atoms with E-state index in [9.17, 15) is 5.11 Å². The van der Waals surface area contributed by atoms with Crippen LogP contribution in [0.25, 0.3) is 0 Å². The molecule has 0 aromatic rings. The molecule has 1 N–H and O–H groups in total.